The lowest BCUT2D eigenvalue weighted by Crippen LogP contribution is -2.34. The molecule has 0 aliphatic carbocycles. The summed E-state index contributed by atoms with van der Waals surface area (Å²) in [6, 6.07) is 0. The Bertz CT molecular complexity index is 451. The molecule has 1 aliphatic rings. The minimum Gasteiger partial charge on any atom is -0.396 e. The number of rotatable bonds is 5. The van der Waals surface area contributed by atoms with Crippen LogP contribution in [0.2, 0.25) is 0 Å². The molecular formula is C12H19N5O2. The van der Waals surface area contributed by atoms with E-state index in [9.17, 15) is 9.59 Å². The van der Waals surface area contributed by atoms with E-state index in [4.69, 9.17) is 5.73 Å². The molecule has 2 amide bonds. The lowest BCUT2D eigenvalue weighted by Gasteiger charge is -2.15. The zero-order chi connectivity index (χ0) is 13.7. The lowest BCUT2D eigenvalue weighted by atomic mass is 10.3. The molecule has 7 heteroatoms. The van der Waals surface area contributed by atoms with Crippen molar-refractivity contribution in [1.82, 2.24) is 20.0 Å². The number of nitrogens with zero attached hydrogens (tertiary/aromatic N) is 3. The third-order valence-corrected chi connectivity index (χ3v) is 3.08. The molecule has 7 nitrogen and oxygen atoms in total. The van der Waals surface area contributed by atoms with Gasteiger partial charge in [-0.15, -0.1) is 0 Å². The predicted octanol–water partition coefficient (Wildman–Crippen LogP) is -0.406. The number of carbonyl (C=O) groups excluding carboxylic acids is 2. The number of nitrogen functional groups attached to an aromatic ring is 1. The smallest absolute Gasteiger partial charge is 0.241 e. The van der Waals surface area contributed by atoms with E-state index in [0.717, 1.165) is 25.9 Å². The van der Waals surface area contributed by atoms with Crippen LogP contribution in [0.25, 0.3) is 0 Å². The molecule has 0 unspecified atom stereocenters. The SMILES string of the molecule is Nc1cnn(CC(=O)NCCC(=O)N2CCCC2)c1. The summed E-state index contributed by atoms with van der Waals surface area (Å²) in [6.07, 6.45) is 5.60. The Morgan fingerprint density at radius 2 is 2.11 bits per heavy atom. The fourth-order valence-corrected chi connectivity index (χ4v) is 2.10. The van der Waals surface area contributed by atoms with Gasteiger partial charge in [0, 0.05) is 32.3 Å². The van der Waals surface area contributed by atoms with Gasteiger partial charge in [-0.05, 0) is 12.8 Å². The minimum atomic E-state index is -0.169. The first-order valence-corrected chi connectivity index (χ1v) is 6.47. The van der Waals surface area contributed by atoms with Gasteiger partial charge in [-0.3, -0.25) is 14.3 Å². The van der Waals surface area contributed by atoms with Crippen LogP contribution in [0, 0.1) is 0 Å². The second kappa shape index (κ2) is 6.21. The monoisotopic (exact) mass is 265 g/mol. The standard InChI is InChI=1S/C12H19N5O2/c13-10-7-15-17(8-10)9-11(18)14-4-3-12(19)16-5-1-2-6-16/h7-8H,1-6,9,13H2,(H,14,18). The topological polar surface area (TPSA) is 93.2 Å². The number of hydrogen-bond acceptors (Lipinski definition) is 4. The van der Waals surface area contributed by atoms with Crippen LogP contribution >= 0.6 is 0 Å². The molecule has 0 atom stereocenters. The number of hydrogen-bond donors (Lipinski definition) is 2. The minimum absolute atomic E-state index is 0.112. The third-order valence-electron chi connectivity index (χ3n) is 3.08. The molecule has 19 heavy (non-hydrogen) atoms. The van der Waals surface area contributed by atoms with Crippen LogP contribution in [0.15, 0.2) is 12.4 Å². The second-order valence-electron chi connectivity index (χ2n) is 4.66. The van der Waals surface area contributed by atoms with Gasteiger partial charge in [0.1, 0.15) is 6.54 Å². The van der Waals surface area contributed by atoms with Crippen molar-refractivity contribution in [1.29, 1.82) is 0 Å². The van der Waals surface area contributed by atoms with Crippen molar-refractivity contribution in [3.63, 3.8) is 0 Å². The van der Waals surface area contributed by atoms with Gasteiger partial charge < -0.3 is 16.0 Å². The highest BCUT2D eigenvalue weighted by Gasteiger charge is 2.17. The number of anilines is 1. The Morgan fingerprint density at radius 3 is 2.74 bits per heavy atom. The van der Waals surface area contributed by atoms with Crippen LogP contribution in [-0.4, -0.2) is 46.1 Å². The number of nitrogens with one attached hydrogen (secondary N) is 1. The Labute approximate surface area is 111 Å². The number of carbonyl (C=O) groups is 2. The molecule has 1 aromatic rings. The Hall–Kier alpha value is -2.05. The Kier molecular flexibility index (Phi) is 4.38. The molecule has 0 radical (unpaired) electrons. The van der Waals surface area contributed by atoms with Gasteiger partial charge in [0.25, 0.3) is 0 Å². The average Bonchev–Trinajstić information content (AvgIpc) is 3.00. The lowest BCUT2D eigenvalue weighted by molar-refractivity contribution is -0.130. The van der Waals surface area contributed by atoms with Crippen molar-refractivity contribution in [2.45, 2.75) is 25.8 Å². The van der Waals surface area contributed by atoms with Crippen molar-refractivity contribution in [3.05, 3.63) is 12.4 Å². The normalized spacial score (nSPS) is 14.6. The summed E-state index contributed by atoms with van der Waals surface area (Å²) in [5.41, 5.74) is 6.02. The first-order chi connectivity index (χ1) is 9.15. The molecule has 0 bridgehead atoms. The molecular weight excluding hydrogens is 246 g/mol. The molecule has 0 spiro atoms. The van der Waals surface area contributed by atoms with Crippen molar-refractivity contribution in [2.75, 3.05) is 25.4 Å². The molecule has 0 saturated carbocycles. The fourth-order valence-electron chi connectivity index (χ4n) is 2.10. The summed E-state index contributed by atoms with van der Waals surface area (Å²) in [4.78, 5) is 25.2. The van der Waals surface area contributed by atoms with Crippen LogP contribution in [0.3, 0.4) is 0 Å². The summed E-state index contributed by atoms with van der Waals surface area (Å²) in [7, 11) is 0. The van der Waals surface area contributed by atoms with Crippen molar-refractivity contribution >= 4 is 17.5 Å². The third kappa shape index (κ3) is 3.97. The first kappa shape index (κ1) is 13.4. The van der Waals surface area contributed by atoms with E-state index in [2.05, 4.69) is 10.4 Å². The maximum Gasteiger partial charge on any atom is 0.241 e. The molecule has 3 N–H and O–H groups in total. The van der Waals surface area contributed by atoms with E-state index in [1.54, 1.807) is 6.20 Å². The number of aromatic nitrogens is 2. The molecule has 0 aromatic carbocycles. The van der Waals surface area contributed by atoms with E-state index in [-0.39, 0.29) is 18.4 Å². The largest absolute Gasteiger partial charge is 0.396 e. The first-order valence-electron chi connectivity index (χ1n) is 6.47. The molecule has 1 fully saturated rings. The summed E-state index contributed by atoms with van der Waals surface area (Å²) in [6.45, 7) is 2.18. The van der Waals surface area contributed by atoms with Crippen LogP contribution < -0.4 is 11.1 Å². The maximum atomic E-state index is 11.7. The number of nitrogens with two attached hydrogens (primary N) is 1. The molecule has 1 aromatic heterocycles. The second-order valence-corrected chi connectivity index (χ2v) is 4.66. The molecule has 2 rings (SSSR count). The summed E-state index contributed by atoms with van der Waals surface area (Å²) < 4.78 is 1.47. The van der Waals surface area contributed by atoms with Crippen LogP contribution in [0.1, 0.15) is 19.3 Å². The van der Waals surface area contributed by atoms with Crippen LogP contribution in [-0.2, 0) is 16.1 Å². The van der Waals surface area contributed by atoms with Crippen molar-refractivity contribution in [3.8, 4) is 0 Å². The van der Waals surface area contributed by atoms with Gasteiger partial charge in [0.15, 0.2) is 0 Å². The van der Waals surface area contributed by atoms with Gasteiger partial charge in [-0.25, -0.2) is 0 Å². The van der Waals surface area contributed by atoms with E-state index in [1.165, 1.54) is 10.9 Å². The highest BCUT2D eigenvalue weighted by molar-refractivity contribution is 5.79. The molecule has 1 aliphatic heterocycles. The molecule has 2 heterocycles. The summed E-state index contributed by atoms with van der Waals surface area (Å²) in [5, 5.41) is 6.62. The number of amides is 2. The van der Waals surface area contributed by atoms with Crippen LogP contribution in [0.5, 0.6) is 0 Å². The van der Waals surface area contributed by atoms with Gasteiger partial charge in [0.2, 0.25) is 11.8 Å². The van der Waals surface area contributed by atoms with Gasteiger partial charge >= 0.3 is 0 Å². The average molecular weight is 265 g/mol. The Morgan fingerprint density at radius 1 is 1.37 bits per heavy atom. The summed E-state index contributed by atoms with van der Waals surface area (Å²) in [5.74, 6) is -0.0570. The van der Waals surface area contributed by atoms with Crippen molar-refractivity contribution < 1.29 is 9.59 Å². The van der Waals surface area contributed by atoms with Crippen molar-refractivity contribution in [2.24, 2.45) is 0 Å². The van der Waals surface area contributed by atoms with Gasteiger partial charge in [-0.2, -0.15) is 5.10 Å². The Balaban J connectivity index is 1.65. The zero-order valence-corrected chi connectivity index (χ0v) is 10.8. The zero-order valence-electron chi connectivity index (χ0n) is 10.8. The van der Waals surface area contributed by atoms with Crippen LogP contribution in [0.4, 0.5) is 5.69 Å². The number of likely N-dealkylation sites (tertiary alicyclic amines) is 1. The highest BCUT2D eigenvalue weighted by atomic mass is 16.2. The quantitative estimate of drug-likeness (QED) is 0.757. The van der Waals surface area contributed by atoms with E-state index in [0.29, 0.717) is 18.7 Å². The predicted molar refractivity (Wildman–Crippen MR) is 70.1 cm³/mol. The fraction of sp³-hybridized carbons (Fsp3) is 0.583. The highest BCUT2D eigenvalue weighted by Crippen LogP contribution is 2.08. The van der Waals surface area contributed by atoms with E-state index in [1.807, 2.05) is 4.90 Å². The summed E-state index contributed by atoms with van der Waals surface area (Å²) >= 11 is 0. The van der Waals surface area contributed by atoms with E-state index < -0.39 is 0 Å². The molecule has 1 saturated heterocycles. The maximum absolute atomic E-state index is 11.7. The van der Waals surface area contributed by atoms with E-state index >= 15 is 0 Å². The molecule has 104 valence electrons. The van der Waals surface area contributed by atoms with Gasteiger partial charge in [-0.1, -0.05) is 0 Å². The van der Waals surface area contributed by atoms with Gasteiger partial charge in [0.05, 0.1) is 11.9 Å².